The van der Waals surface area contributed by atoms with Crippen LogP contribution in [0.25, 0.3) is 0 Å². The second kappa shape index (κ2) is 14.0. The van der Waals surface area contributed by atoms with Crippen LogP contribution in [0.5, 0.6) is 0 Å². The third-order valence-electron chi connectivity index (χ3n) is 3.64. The lowest BCUT2D eigenvalue weighted by atomic mass is 10.1. The number of rotatable bonds is 6. The lowest BCUT2D eigenvalue weighted by Crippen LogP contribution is -2.43. The van der Waals surface area contributed by atoms with Crippen LogP contribution in [0.3, 0.4) is 0 Å². The Morgan fingerprint density at radius 1 is 0.600 bits per heavy atom. The van der Waals surface area contributed by atoms with Crippen LogP contribution in [0.2, 0.25) is 0 Å². The van der Waals surface area contributed by atoms with Crippen LogP contribution in [0.4, 0.5) is 0 Å². The van der Waals surface area contributed by atoms with E-state index in [0.717, 1.165) is 12.8 Å². The fourth-order valence-electron chi connectivity index (χ4n) is 2.31. The van der Waals surface area contributed by atoms with Gasteiger partial charge < -0.3 is 22.1 Å². The Kier molecular flexibility index (Phi) is 11.2. The van der Waals surface area contributed by atoms with E-state index in [2.05, 4.69) is 21.3 Å². The largest absolute Gasteiger partial charge is 0.370 e. The van der Waals surface area contributed by atoms with E-state index in [0.29, 0.717) is 13.1 Å². The maximum atomic E-state index is 7.34. The molecule has 0 aliphatic heterocycles. The van der Waals surface area contributed by atoms with Crippen molar-refractivity contribution in [1.82, 2.24) is 21.3 Å². The average molecular weight is 411 g/mol. The van der Waals surface area contributed by atoms with Gasteiger partial charge in [-0.2, -0.15) is 0 Å². The lowest BCUT2D eigenvalue weighted by molar-refractivity contribution is 0.841. The molecule has 12 N–H and O–H groups in total. The Labute approximate surface area is 176 Å². The van der Waals surface area contributed by atoms with E-state index < -0.39 is 0 Å². The SMILES string of the molecule is N=C(N)NC(=N)NCCc1ccccc1.N=C(N)NC(=N)NCCc1ccccc1. The summed E-state index contributed by atoms with van der Waals surface area (Å²) in [6.07, 6.45) is 1.67. The van der Waals surface area contributed by atoms with Gasteiger partial charge in [-0.3, -0.25) is 32.3 Å². The first-order chi connectivity index (χ1) is 14.4. The van der Waals surface area contributed by atoms with E-state index in [1.165, 1.54) is 11.1 Å². The van der Waals surface area contributed by atoms with Crippen molar-refractivity contribution in [2.24, 2.45) is 11.5 Å². The first-order valence-corrected chi connectivity index (χ1v) is 9.31. The molecule has 0 aliphatic carbocycles. The molecule has 10 nitrogen and oxygen atoms in total. The zero-order valence-electron chi connectivity index (χ0n) is 16.8. The third kappa shape index (κ3) is 12.3. The molecule has 0 fully saturated rings. The summed E-state index contributed by atoms with van der Waals surface area (Å²) >= 11 is 0. The zero-order chi connectivity index (χ0) is 22.2. The molecule has 30 heavy (non-hydrogen) atoms. The van der Waals surface area contributed by atoms with Crippen molar-refractivity contribution in [3.8, 4) is 0 Å². The van der Waals surface area contributed by atoms with Gasteiger partial charge in [0, 0.05) is 13.1 Å². The summed E-state index contributed by atoms with van der Waals surface area (Å²) in [5.41, 5.74) is 12.6. The molecule has 2 aromatic rings. The molecule has 0 spiro atoms. The fourth-order valence-corrected chi connectivity index (χ4v) is 2.31. The van der Waals surface area contributed by atoms with Crippen LogP contribution in [-0.2, 0) is 12.8 Å². The number of hydrogen-bond donors (Lipinski definition) is 10. The minimum Gasteiger partial charge on any atom is -0.370 e. The van der Waals surface area contributed by atoms with Gasteiger partial charge in [0.05, 0.1) is 0 Å². The van der Waals surface area contributed by atoms with E-state index >= 15 is 0 Å². The molecule has 0 radical (unpaired) electrons. The van der Waals surface area contributed by atoms with E-state index in [1.807, 2.05) is 60.7 Å². The van der Waals surface area contributed by atoms with Crippen molar-refractivity contribution < 1.29 is 0 Å². The Morgan fingerprint density at radius 2 is 0.933 bits per heavy atom. The van der Waals surface area contributed by atoms with E-state index in [1.54, 1.807) is 0 Å². The molecule has 2 aromatic carbocycles. The fraction of sp³-hybridized carbons (Fsp3) is 0.200. The predicted octanol–water partition coefficient (Wildman–Crippen LogP) is 0.473. The van der Waals surface area contributed by atoms with Crippen LogP contribution < -0.4 is 32.7 Å². The second-order valence-corrected chi connectivity index (χ2v) is 6.15. The van der Waals surface area contributed by atoms with Crippen molar-refractivity contribution in [1.29, 1.82) is 21.6 Å². The maximum absolute atomic E-state index is 7.34. The molecule has 0 amide bonds. The normalized spacial score (nSPS) is 9.33. The Hall–Kier alpha value is -4.08. The van der Waals surface area contributed by atoms with Gasteiger partial charge in [0.25, 0.3) is 0 Å². The highest BCUT2D eigenvalue weighted by Crippen LogP contribution is 1.98. The molecule has 160 valence electrons. The van der Waals surface area contributed by atoms with Gasteiger partial charge in [-0.05, 0) is 24.0 Å². The van der Waals surface area contributed by atoms with E-state index in [9.17, 15) is 0 Å². The summed E-state index contributed by atoms with van der Waals surface area (Å²) in [5, 5.41) is 38.9. The summed E-state index contributed by atoms with van der Waals surface area (Å²) in [4.78, 5) is 0. The average Bonchev–Trinajstić information content (AvgIpc) is 2.69. The first kappa shape index (κ1) is 24.0. The topological polar surface area (TPSA) is 196 Å². The van der Waals surface area contributed by atoms with Gasteiger partial charge in [-0.1, -0.05) is 60.7 Å². The third-order valence-corrected chi connectivity index (χ3v) is 3.64. The van der Waals surface area contributed by atoms with Crippen molar-refractivity contribution in [3.05, 3.63) is 71.8 Å². The molecule has 0 bridgehead atoms. The number of hydrogen-bond acceptors (Lipinski definition) is 4. The Bertz CT molecular complexity index is 735. The summed E-state index contributed by atoms with van der Waals surface area (Å²) in [5.74, 6) is -0.351. The molecule has 0 saturated carbocycles. The number of benzene rings is 2. The smallest absolute Gasteiger partial charge is 0.195 e. The molecular weight excluding hydrogens is 380 g/mol. The van der Waals surface area contributed by atoms with Crippen molar-refractivity contribution in [3.63, 3.8) is 0 Å². The molecular formula is C20H30N10. The minimum absolute atomic E-state index is 0.0541. The molecule has 0 saturated heterocycles. The second-order valence-electron chi connectivity index (χ2n) is 6.15. The molecule has 10 heteroatoms. The highest BCUT2D eigenvalue weighted by Gasteiger charge is 1.97. The van der Waals surface area contributed by atoms with Crippen LogP contribution in [-0.4, -0.2) is 36.9 Å². The van der Waals surface area contributed by atoms with Crippen molar-refractivity contribution in [2.45, 2.75) is 12.8 Å². The highest BCUT2D eigenvalue weighted by atomic mass is 15.2. The highest BCUT2D eigenvalue weighted by molar-refractivity contribution is 5.95. The van der Waals surface area contributed by atoms with Crippen LogP contribution in [0, 0.1) is 21.6 Å². The quantitative estimate of drug-likeness (QED) is 0.243. The van der Waals surface area contributed by atoms with Crippen LogP contribution in [0.1, 0.15) is 11.1 Å². The van der Waals surface area contributed by atoms with Crippen LogP contribution >= 0.6 is 0 Å². The molecule has 0 atom stereocenters. The number of nitrogens with one attached hydrogen (secondary N) is 8. The van der Waals surface area contributed by atoms with Gasteiger partial charge in [-0.25, -0.2) is 0 Å². The predicted molar refractivity (Wildman–Crippen MR) is 122 cm³/mol. The molecule has 0 aliphatic rings. The van der Waals surface area contributed by atoms with Crippen LogP contribution in [0.15, 0.2) is 60.7 Å². The molecule has 2 rings (SSSR count). The molecule has 0 unspecified atom stereocenters. The standard InChI is InChI=1S/2C10H15N5/c2*11-9(12)15-10(13)14-7-6-8-4-2-1-3-5-8/h2*1-5H,6-7H2,(H6,11,12,13,14,15). The maximum Gasteiger partial charge on any atom is 0.195 e. The van der Waals surface area contributed by atoms with Gasteiger partial charge in [0.2, 0.25) is 0 Å². The van der Waals surface area contributed by atoms with Gasteiger partial charge in [0.15, 0.2) is 23.8 Å². The van der Waals surface area contributed by atoms with E-state index in [4.69, 9.17) is 33.1 Å². The Morgan fingerprint density at radius 3 is 1.23 bits per heavy atom. The van der Waals surface area contributed by atoms with Crippen molar-refractivity contribution >= 4 is 23.8 Å². The van der Waals surface area contributed by atoms with Gasteiger partial charge in [-0.15, -0.1) is 0 Å². The van der Waals surface area contributed by atoms with E-state index in [-0.39, 0.29) is 23.8 Å². The Balaban J connectivity index is 0.000000300. The lowest BCUT2D eigenvalue weighted by Gasteiger charge is -2.08. The van der Waals surface area contributed by atoms with Crippen molar-refractivity contribution in [2.75, 3.05) is 13.1 Å². The van der Waals surface area contributed by atoms with Gasteiger partial charge >= 0.3 is 0 Å². The summed E-state index contributed by atoms with van der Waals surface area (Å²) in [7, 11) is 0. The monoisotopic (exact) mass is 410 g/mol. The summed E-state index contributed by atoms with van der Waals surface area (Å²) in [6.45, 7) is 1.28. The molecule has 0 aromatic heterocycles. The van der Waals surface area contributed by atoms with Gasteiger partial charge in [0.1, 0.15) is 0 Å². The minimum atomic E-state index is -0.229. The zero-order valence-corrected chi connectivity index (χ0v) is 16.8. The summed E-state index contributed by atoms with van der Waals surface area (Å²) < 4.78 is 0. The number of guanidine groups is 4. The molecule has 0 heterocycles. The summed E-state index contributed by atoms with van der Waals surface area (Å²) in [6, 6.07) is 20.0. The first-order valence-electron chi connectivity index (χ1n) is 9.31. The number of nitrogens with two attached hydrogens (primary N) is 2.